The summed E-state index contributed by atoms with van der Waals surface area (Å²) in [7, 11) is 2.94. The van der Waals surface area contributed by atoms with E-state index in [1.54, 1.807) is 18.0 Å². The van der Waals surface area contributed by atoms with Gasteiger partial charge in [0.15, 0.2) is 17.4 Å². The summed E-state index contributed by atoms with van der Waals surface area (Å²) in [6.07, 6.45) is 3.50. The van der Waals surface area contributed by atoms with Gasteiger partial charge in [0, 0.05) is 31.7 Å². The molecule has 0 amide bonds. The summed E-state index contributed by atoms with van der Waals surface area (Å²) in [5, 5.41) is 15.0. The van der Waals surface area contributed by atoms with Gasteiger partial charge in [-0.2, -0.15) is 5.10 Å². The molecule has 2 atom stereocenters. The van der Waals surface area contributed by atoms with Crippen LogP contribution in [0.5, 0.6) is 5.75 Å². The smallest absolute Gasteiger partial charge is 0.185 e. The average Bonchev–Trinajstić information content (AvgIpc) is 3.56. The van der Waals surface area contributed by atoms with Crippen LogP contribution in [-0.4, -0.2) is 70.7 Å². The van der Waals surface area contributed by atoms with Gasteiger partial charge in [-0.3, -0.25) is 9.48 Å². The van der Waals surface area contributed by atoms with E-state index in [4.69, 9.17) is 21.1 Å². The highest BCUT2D eigenvalue weighted by Gasteiger charge is 2.33. The normalized spacial score (nSPS) is 17.0. The monoisotopic (exact) mass is 585 g/mol. The molecule has 0 radical (unpaired) electrons. The first-order valence-electron chi connectivity index (χ1n) is 13.2. The van der Waals surface area contributed by atoms with E-state index in [1.807, 2.05) is 4.90 Å². The Morgan fingerprint density at radius 1 is 1.24 bits per heavy atom. The lowest BCUT2D eigenvalue weighted by Crippen LogP contribution is -2.33. The molecule has 216 valence electrons. The fraction of sp³-hybridized carbons (Fsp3) is 0.379. The number of anilines is 1. The first-order valence-corrected chi connectivity index (χ1v) is 13.6. The quantitative estimate of drug-likeness (QED) is 0.267. The molecule has 0 spiro atoms. The second-order valence-corrected chi connectivity index (χ2v) is 10.5. The number of hydrogen-bond donors (Lipinski definition) is 1. The van der Waals surface area contributed by atoms with E-state index in [0.29, 0.717) is 41.9 Å². The summed E-state index contributed by atoms with van der Waals surface area (Å²) in [4.78, 5) is 24.1. The molecule has 0 aliphatic carbocycles. The van der Waals surface area contributed by atoms with Crippen molar-refractivity contribution in [2.24, 2.45) is 5.92 Å². The third kappa shape index (κ3) is 5.49. The van der Waals surface area contributed by atoms with Gasteiger partial charge in [-0.1, -0.05) is 18.5 Å². The van der Waals surface area contributed by atoms with Crippen molar-refractivity contribution in [3.63, 3.8) is 0 Å². The number of hydrogen-bond acceptors (Lipinski definition) is 8. The molecule has 0 unspecified atom stereocenters. The number of rotatable bonds is 10. The number of fused-ring (bicyclic) bond motifs is 1. The number of carbonyl (C=O) groups is 1. The summed E-state index contributed by atoms with van der Waals surface area (Å²) < 4.78 is 42.5. The molecule has 0 saturated carbocycles. The maximum atomic E-state index is 15.6. The number of aliphatic hydroxyl groups excluding tert-OH is 1. The van der Waals surface area contributed by atoms with E-state index < -0.39 is 17.4 Å². The predicted molar refractivity (Wildman–Crippen MR) is 151 cm³/mol. The SMILES string of the molecule is COCCn1ncc2c(N3C[C@@H](C)C[C@H]3CO)c(CC(=O)c3ccnc(-c4c(OC)ccc(Cl)c4F)n3)cc(F)c21. The number of aromatic nitrogens is 4. The van der Waals surface area contributed by atoms with Gasteiger partial charge in [-0.25, -0.2) is 18.7 Å². The third-order valence-electron chi connectivity index (χ3n) is 7.35. The van der Waals surface area contributed by atoms with E-state index >= 15 is 4.39 Å². The van der Waals surface area contributed by atoms with Crippen LogP contribution >= 0.6 is 11.6 Å². The summed E-state index contributed by atoms with van der Waals surface area (Å²) >= 11 is 5.98. The highest BCUT2D eigenvalue weighted by atomic mass is 35.5. The largest absolute Gasteiger partial charge is 0.496 e. The molecule has 1 aliphatic heterocycles. The molecule has 9 nitrogen and oxygen atoms in total. The first kappa shape index (κ1) is 28.8. The van der Waals surface area contributed by atoms with Crippen molar-refractivity contribution in [1.29, 1.82) is 0 Å². The molecule has 12 heteroatoms. The van der Waals surface area contributed by atoms with E-state index in [-0.39, 0.29) is 52.8 Å². The van der Waals surface area contributed by atoms with E-state index in [1.165, 1.54) is 37.6 Å². The lowest BCUT2D eigenvalue weighted by molar-refractivity contribution is 0.0988. The molecule has 4 aromatic rings. The molecular weight excluding hydrogens is 556 g/mol. The van der Waals surface area contributed by atoms with Crippen molar-refractivity contribution in [2.45, 2.75) is 32.4 Å². The van der Waals surface area contributed by atoms with Crippen LogP contribution < -0.4 is 9.64 Å². The Morgan fingerprint density at radius 3 is 2.78 bits per heavy atom. The number of ether oxygens (including phenoxy) is 2. The van der Waals surface area contributed by atoms with Crippen LogP contribution in [0.1, 0.15) is 29.4 Å². The number of methoxy groups -OCH3 is 2. The molecule has 1 fully saturated rings. The summed E-state index contributed by atoms with van der Waals surface area (Å²) in [5.74, 6) is -1.34. The van der Waals surface area contributed by atoms with Crippen molar-refractivity contribution in [2.75, 3.05) is 38.9 Å². The number of nitrogens with zero attached hydrogens (tertiary/aromatic N) is 5. The van der Waals surface area contributed by atoms with Crippen LogP contribution in [0.2, 0.25) is 5.02 Å². The Balaban J connectivity index is 1.58. The molecular formula is C29H30ClF2N5O4. The molecule has 2 aromatic heterocycles. The third-order valence-corrected chi connectivity index (χ3v) is 7.64. The summed E-state index contributed by atoms with van der Waals surface area (Å²) in [5.41, 5.74) is 1.34. The molecule has 41 heavy (non-hydrogen) atoms. The first-order chi connectivity index (χ1) is 19.8. The Bertz CT molecular complexity index is 1600. The minimum absolute atomic E-state index is 0.0205. The van der Waals surface area contributed by atoms with Crippen molar-refractivity contribution >= 4 is 34.0 Å². The number of halogens is 3. The summed E-state index contributed by atoms with van der Waals surface area (Å²) in [6.45, 7) is 3.32. The number of carbonyl (C=O) groups excluding carboxylic acids is 1. The van der Waals surface area contributed by atoms with Crippen molar-refractivity contribution in [3.05, 3.63) is 64.6 Å². The van der Waals surface area contributed by atoms with Gasteiger partial charge < -0.3 is 19.5 Å². The molecule has 0 bridgehead atoms. The van der Waals surface area contributed by atoms with E-state index in [0.717, 1.165) is 6.42 Å². The standard InChI is InChI=1S/C29H30ClF2N5O4/c1-16-10-18(15-38)36(14-16)27-17(11-21(31)28-19(27)13-34-37(28)8-9-40-2)12-23(39)22-6-7-33-29(35-22)25-24(41-3)5-4-20(30)26(25)32/h4-7,11,13,16,18,38H,8-10,12,14-15H2,1-3H3/t16-,18-/m0/s1. The molecule has 1 aliphatic rings. The number of Topliss-reactive ketones (excluding diaryl/α,β-unsaturated/α-hetero) is 1. The van der Waals surface area contributed by atoms with Crippen LogP contribution in [0.3, 0.4) is 0 Å². The maximum Gasteiger partial charge on any atom is 0.185 e. The van der Waals surface area contributed by atoms with Gasteiger partial charge >= 0.3 is 0 Å². The van der Waals surface area contributed by atoms with Gasteiger partial charge in [-0.15, -0.1) is 0 Å². The van der Waals surface area contributed by atoms with Gasteiger partial charge in [0.05, 0.1) is 55.4 Å². The lowest BCUT2D eigenvalue weighted by Gasteiger charge is -2.28. The second kappa shape index (κ2) is 12.1. The predicted octanol–water partition coefficient (Wildman–Crippen LogP) is 4.71. The molecule has 5 rings (SSSR count). The number of benzene rings is 2. The van der Waals surface area contributed by atoms with Crippen LogP contribution in [0.15, 0.2) is 36.7 Å². The fourth-order valence-electron chi connectivity index (χ4n) is 5.50. The van der Waals surface area contributed by atoms with E-state index in [9.17, 15) is 14.3 Å². The van der Waals surface area contributed by atoms with Gasteiger partial charge in [-0.05, 0) is 42.2 Å². The molecule has 3 heterocycles. The Morgan fingerprint density at radius 2 is 2.05 bits per heavy atom. The van der Waals surface area contributed by atoms with Crippen LogP contribution in [0, 0.1) is 17.6 Å². The Kier molecular flexibility index (Phi) is 8.48. The minimum Gasteiger partial charge on any atom is -0.496 e. The van der Waals surface area contributed by atoms with Crippen LogP contribution in [0.25, 0.3) is 22.3 Å². The number of ketones is 1. The van der Waals surface area contributed by atoms with Gasteiger partial charge in [0.25, 0.3) is 0 Å². The van der Waals surface area contributed by atoms with E-state index in [2.05, 4.69) is 22.0 Å². The zero-order valence-electron chi connectivity index (χ0n) is 22.9. The Labute approximate surface area is 240 Å². The van der Waals surface area contributed by atoms with Crippen LogP contribution in [-0.2, 0) is 17.7 Å². The van der Waals surface area contributed by atoms with Crippen LogP contribution in [0.4, 0.5) is 14.5 Å². The molecule has 1 saturated heterocycles. The maximum absolute atomic E-state index is 15.6. The molecule has 1 N–H and O–H groups in total. The highest BCUT2D eigenvalue weighted by molar-refractivity contribution is 6.31. The van der Waals surface area contributed by atoms with Gasteiger partial charge in [0.1, 0.15) is 22.8 Å². The van der Waals surface area contributed by atoms with Gasteiger partial charge in [0.2, 0.25) is 0 Å². The minimum atomic E-state index is -0.769. The fourth-order valence-corrected chi connectivity index (χ4v) is 5.66. The topological polar surface area (TPSA) is 103 Å². The zero-order chi connectivity index (χ0) is 29.3. The highest BCUT2D eigenvalue weighted by Crippen LogP contribution is 2.39. The van der Waals surface area contributed by atoms with Crippen molar-refractivity contribution < 1.29 is 28.2 Å². The number of aliphatic hydroxyl groups is 1. The Hall–Kier alpha value is -3.67. The molecule has 2 aromatic carbocycles. The summed E-state index contributed by atoms with van der Waals surface area (Å²) in [6, 6.07) is 5.42. The zero-order valence-corrected chi connectivity index (χ0v) is 23.7. The average molecular weight is 586 g/mol. The lowest BCUT2D eigenvalue weighted by atomic mass is 10.00. The second-order valence-electron chi connectivity index (χ2n) is 10.1. The van der Waals surface area contributed by atoms with Crippen molar-refractivity contribution in [3.8, 4) is 17.1 Å². The van der Waals surface area contributed by atoms with Crippen molar-refractivity contribution in [1.82, 2.24) is 19.7 Å².